The van der Waals surface area contributed by atoms with Gasteiger partial charge in [-0.25, -0.2) is 13.1 Å². The van der Waals surface area contributed by atoms with Crippen molar-refractivity contribution in [3.8, 4) is 0 Å². The van der Waals surface area contributed by atoms with Crippen LogP contribution >= 0.6 is 0 Å². The van der Waals surface area contributed by atoms with Crippen molar-refractivity contribution in [1.82, 2.24) is 4.72 Å². The summed E-state index contributed by atoms with van der Waals surface area (Å²) in [6.07, 6.45) is 1.44. The van der Waals surface area contributed by atoms with Crippen molar-refractivity contribution in [3.63, 3.8) is 0 Å². The Hall–Kier alpha value is -3.20. The molecule has 0 aliphatic rings. The number of carbonyl (C=O) groups excluding carboxylic acids is 1. The van der Waals surface area contributed by atoms with E-state index in [9.17, 15) is 23.3 Å². The lowest BCUT2D eigenvalue weighted by Gasteiger charge is -2.15. The van der Waals surface area contributed by atoms with Gasteiger partial charge in [-0.3, -0.25) is 14.9 Å². The van der Waals surface area contributed by atoms with Gasteiger partial charge in [0.15, 0.2) is 0 Å². The highest BCUT2D eigenvalue weighted by Gasteiger charge is 2.25. The van der Waals surface area contributed by atoms with E-state index in [1.54, 1.807) is 13.0 Å². The molecule has 0 aliphatic heterocycles. The minimum Gasteiger partial charge on any atom is -0.384 e. The lowest BCUT2D eigenvalue weighted by molar-refractivity contribution is -0.385. The number of rotatable bonds is 9. The summed E-state index contributed by atoms with van der Waals surface area (Å²) in [5.41, 5.74) is 0.619. The molecule has 1 unspecified atom stereocenters. The number of hydrogen-bond donors (Lipinski definition) is 2. The third kappa shape index (κ3) is 5.17. The number of nitrogens with one attached hydrogen (secondary N) is 2. The van der Waals surface area contributed by atoms with Gasteiger partial charge in [-0.15, -0.1) is 6.58 Å². The van der Waals surface area contributed by atoms with Crippen molar-refractivity contribution < 1.29 is 18.1 Å². The highest BCUT2D eigenvalue weighted by Crippen LogP contribution is 2.27. The van der Waals surface area contributed by atoms with Crippen molar-refractivity contribution in [1.29, 1.82) is 0 Å². The van der Waals surface area contributed by atoms with Crippen molar-refractivity contribution in [3.05, 3.63) is 76.9 Å². The molecule has 0 radical (unpaired) electrons. The highest BCUT2D eigenvalue weighted by atomic mass is 32.2. The van der Waals surface area contributed by atoms with Crippen LogP contribution in [0.1, 0.15) is 24.8 Å². The van der Waals surface area contributed by atoms with Crippen LogP contribution in [-0.4, -0.2) is 25.8 Å². The first-order chi connectivity index (χ1) is 13.3. The molecule has 148 valence electrons. The molecular formula is C19H21N3O5S. The van der Waals surface area contributed by atoms with Crippen LogP contribution in [0.3, 0.4) is 0 Å². The van der Waals surface area contributed by atoms with Crippen LogP contribution in [-0.2, 0) is 14.8 Å². The van der Waals surface area contributed by atoms with Crippen molar-refractivity contribution in [2.75, 3.05) is 11.9 Å². The van der Waals surface area contributed by atoms with E-state index in [4.69, 9.17) is 0 Å². The summed E-state index contributed by atoms with van der Waals surface area (Å²) in [5.74, 6) is -1.10. The summed E-state index contributed by atoms with van der Waals surface area (Å²) in [6, 6.07) is 12.5. The third-order valence-electron chi connectivity index (χ3n) is 4.00. The van der Waals surface area contributed by atoms with Gasteiger partial charge in [0.05, 0.1) is 10.6 Å². The lowest BCUT2D eigenvalue weighted by atomic mass is 9.96. The fourth-order valence-electron chi connectivity index (χ4n) is 2.67. The molecule has 1 atom stereocenters. The van der Waals surface area contributed by atoms with E-state index in [1.807, 2.05) is 35.1 Å². The molecule has 0 bridgehead atoms. The zero-order valence-electron chi connectivity index (χ0n) is 15.3. The van der Waals surface area contributed by atoms with Gasteiger partial charge in [-0.05, 0) is 18.6 Å². The first-order valence-electron chi connectivity index (χ1n) is 8.54. The molecule has 0 saturated heterocycles. The molecule has 0 aliphatic carbocycles. The molecule has 0 saturated carbocycles. The van der Waals surface area contributed by atoms with E-state index in [-0.39, 0.29) is 28.6 Å². The quantitative estimate of drug-likeness (QED) is 0.377. The van der Waals surface area contributed by atoms with Gasteiger partial charge < -0.3 is 5.32 Å². The Morgan fingerprint density at radius 2 is 1.93 bits per heavy atom. The predicted molar refractivity (Wildman–Crippen MR) is 107 cm³/mol. The standard InChI is InChI=1S/C19H21N3O5S/c1-3-14(15-8-6-5-7-9-15)12-19(23)21-28(26,27)18-13-16(22(24)25)10-11-17(18)20-4-2/h3,5-11,13-14,20H,1,4,12H2,2H3,(H,21,23). The zero-order valence-corrected chi connectivity index (χ0v) is 16.1. The van der Waals surface area contributed by atoms with E-state index in [0.29, 0.717) is 6.54 Å². The fraction of sp³-hybridized carbons (Fsp3) is 0.211. The SMILES string of the molecule is C=CC(CC(=O)NS(=O)(=O)c1cc([N+](=O)[O-])ccc1NCC)c1ccccc1. The molecule has 1 amide bonds. The van der Waals surface area contributed by atoms with Crippen molar-refractivity contribution in [2.24, 2.45) is 0 Å². The Morgan fingerprint density at radius 1 is 1.25 bits per heavy atom. The number of carbonyl (C=O) groups is 1. The summed E-state index contributed by atoms with van der Waals surface area (Å²) >= 11 is 0. The Kier molecular flexibility index (Phi) is 6.89. The maximum atomic E-state index is 12.7. The van der Waals surface area contributed by atoms with Gasteiger partial charge in [0.25, 0.3) is 15.7 Å². The monoisotopic (exact) mass is 403 g/mol. The summed E-state index contributed by atoms with van der Waals surface area (Å²) < 4.78 is 27.4. The Balaban J connectivity index is 2.27. The highest BCUT2D eigenvalue weighted by molar-refractivity contribution is 7.90. The van der Waals surface area contributed by atoms with E-state index < -0.39 is 20.9 Å². The van der Waals surface area contributed by atoms with Gasteiger partial charge in [-0.1, -0.05) is 36.4 Å². The smallest absolute Gasteiger partial charge is 0.270 e. The van der Waals surface area contributed by atoms with Gasteiger partial charge in [0.1, 0.15) is 4.90 Å². The number of nitro groups is 1. The zero-order chi connectivity index (χ0) is 20.7. The molecule has 8 nitrogen and oxygen atoms in total. The van der Waals surface area contributed by atoms with Gasteiger partial charge >= 0.3 is 0 Å². The predicted octanol–water partition coefficient (Wildman–Crippen LogP) is 3.19. The molecule has 0 fully saturated rings. The molecule has 0 spiro atoms. The van der Waals surface area contributed by atoms with Crippen LogP contribution in [0, 0.1) is 10.1 Å². The maximum Gasteiger partial charge on any atom is 0.270 e. The fourth-order valence-corrected chi connectivity index (χ4v) is 3.87. The van der Waals surface area contributed by atoms with Gasteiger partial charge in [-0.2, -0.15) is 0 Å². The summed E-state index contributed by atoms with van der Waals surface area (Å²) in [6.45, 7) is 5.86. The largest absolute Gasteiger partial charge is 0.384 e. The van der Waals surface area contributed by atoms with Crippen LogP contribution in [0.15, 0.2) is 66.1 Å². The van der Waals surface area contributed by atoms with E-state index in [2.05, 4.69) is 11.9 Å². The van der Waals surface area contributed by atoms with E-state index in [0.717, 1.165) is 11.6 Å². The summed E-state index contributed by atoms with van der Waals surface area (Å²) in [4.78, 5) is 22.3. The van der Waals surface area contributed by atoms with Gasteiger partial charge in [0, 0.05) is 31.0 Å². The number of amides is 1. The third-order valence-corrected chi connectivity index (χ3v) is 5.41. The average molecular weight is 403 g/mol. The van der Waals surface area contributed by atoms with Crippen LogP contribution in [0.25, 0.3) is 0 Å². The second-order valence-corrected chi connectivity index (χ2v) is 7.60. The topological polar surface area (TPSA) is 118 Å². The number of benzene rings is 2. The number of sulfonamides is 1. The molecule has 2 N–H and O–H groups in total. The molecular weight excluding hydrogens is 382 g/mol. The maximum absolute atomic E-state index is 12.7. The van der Waals surface area contributed by atoms with Crippen LogP contribution in [0.2, 0.25) is 0 Å². The minimum atomic E-state index is -4.31. The van der Waals surface area contributed by atoms with E-state index in [1.165, 1.54) is 12.1 Å². The first-order valence-corrected chi connectivity index (χ1v) is 10.0. The number of nitrogens with zero attached hydrogens (tertiary/aromatic N) is 1. The Bertz CT molecular complexity index is 974. The van der Waals surface area contributed by atoms with Crippen LogP contribution in [0.5, 0.6) is 0 Å². The van der Waals surface area contributed by atoms with E-state index >= 15 is 0 Å². The number of nitro benzene ring substituents is 1. The second-order valence-electron chi connectivity index (χ2n) is 5.95. The summed E-state index contributed by atoms with van der Waals surface area (Å²) in [5, 5.41) is 13.8. The Morgan fingerprint density at radius 3 is 2.50 bits per heavy atom. The molecule has 0 heterocycles. The molecule has 2 aromatic carbocycles. The Labute approximate surface area is 163 Å². The molecule has 2 rings (SSSR count). The molecule has 28 heavy (non-hydrogen) atoms. The normalized spacial score (nSPS) is 12.0. The molecule has 9 heteroatoms. The number of anilines is 1. The first kappa shape index (κ1) is 21.1. The molecule has 0 aromatic heterocycles. The molecule has 2 aromatic rings. The summed E-state index contributed by atoms with van der Waals surface area (Å²) in [7, 11) is -4.31. The number of allylic oxidation sites excluding steroid dienone is 1. The average Bonchev–Trinajstić information content (AvgIpc) is 2.66. The second kappa shape index (κ2) is 9.14. The minimum absolute atomic E-state index is 0.127. The number of hydrogen-bond acceptors (Lipinski definition) is 6. The van der Waals surface area contributed by atoms with Crippen LogP contribution < -0.4 is 10.0 Å². The number of non-ortho nitro benzene ring substituents is 1. The lowest BCUT2D eigenvalue weighted by Crippen LogP contribution is -2.32. The van der Waals surface area contributed by atoms with Gasteiger partial charge in [0.2, 0.25) is 5.91 Å². The van der Waals surface area contributed by atoms with Crippen molar-refractivity contribution >= 4 is 27.3 Å². The van der Waals surface area contributed by atoms with Crippen LogP contribution in [0.4, 0.5) is 11.4 Å². The van der Waals surface area contributed by atoms with Crippen molar-refractivity contribution in [2.45, 2.75) is 24.2 Å².